The van der Waals surface area contributed by atoms with Crippen LogP contribution in [0.5, 0.6) is 5.75 Å². The highest BCUT2D eigenvalue weighted by molar-refractivity contribution is 5.81. The van der Waals surface area contributed by atoms with Crippen molar-refractivity contribution in [2.75, 3.05) is 6.79 Å². The van der Waals surface area contributed by atoms with Crippen LogP contribution >= 0.6 is 0 Å². The van der Waals surface area contributed by atoms with Crippen LogP contribution in [0, 0.1) is 12.8 Å². The first-order valence-corrected chi connectivity index (χ1v) is 6.47. The molecule has 0 atom stereocenters. The molecule has 0 radical (unpaired) electrons. The van der Waals surface area contributed by atoms with Gasteiger partial charge in [-0.25, -0.2) is 4.79 Å². The van der Waals surface area contributed by atoms with Gasteiger partial charge in [-0.3, -0.25) is 4.79 Å². The molecular weight excluding hydrogens is 260 g/mol. The van der Waals surface area contributed by atoms with Gasteiger partial charge in [-0.05, 0) is 37.5 Å². The molecule has 0 N–H and O–H groups in total. The molecule has 3 rings (SSSR count). The maximum atomic E-state index is 11.3. The monoisotopic (exact) mass is 274 g/mol. The average molecular weight is 274 g/mol. The normalized spacial score (nSPS) is 14.2. The first kappa shape index (κ1) is 12.7. The van der Waals surface area contributed by atoms with Crippen LogP contribution < -0.4 is 10.4 Å². The lowest BCUT2D eigenvalue weighted by molar-refractivity contribution is -0.151. The number of carbonyl (C=O) groups excluding carboxylic acids is 1. The summed E-state index contributed by atoms with van der Waals surface area (Å²) in [6, 6.07) is 6.63. The predicted molar refractivity (Wildman–Crippen MR) is 71.5 cm³/mol. The average Bonchev–Trinajstić information content (AvgIpc) is 3.22. The second kappa shape index (κ2) is 5.00. The molecule has 0 spiro atoms. The van der Waals surface area contributed by atoms with Crippen LogP contribution in [0.25, 0.3) is 11.0 Å². The highest BCUT2D eigenvalue weighted by Gasteiger charge is 2.31. The number of carbonyl (C=O) groups is 1. The molecule has 0 aliphatic heterocycles. The Hall–Kier alpha value is -2.30. The van der Waals surface area contributed by atoms with Crippen molar-refractivity contribution in [1.82, 2.24) is 0 Å². The number of hydrogen-bond acceptors (Lipinski definition) is 5. The van der Waals surface area contributed by atoms with Crippen LogP contribution in [0.1, 0.15) is 18.4 Å². The van der Waals surface area contributed by atoms with Crippen molar-refractivity contribution in [1.29, 1.82) is 0 Å². The van der Waals surface area contributed by atoms with Gasteiger partial charge < -0.3 is 13.9 Å². The molecule has 5 nitrogen and oxygen atoms in total. The largest absolute Gasteiger partial charge is 0.457 e. The summed E-state index contributed by atoms with van der Waals surface area (Å²) >= 11 is 0. The van der Waals surface area contributed by atoms with Crippen LogP contribution in [-0.2, 0) is 9.53 Å². The zero-order chi connectivity index (χ0) is 14.1. The van der Waals surface area contributed by atoms with E-state index in [0.29, 0.717) is 11.3 Å². The molecule has 1 aromatic heterocycles. The quantitative estimate of drug-likeness (QED) is 0.486. The lowest BCUT2D eigenvalue weighted by atomic mass is 10.1. The predicted octanol–water partition coefficient (Wildman–Crippen LogP) is 2.39. The molecule has 1 fully saturated rings. The van der Waals surface area contributed by atoms with Crippen LogP contribution in [-0.4, -0.2) is 12.8 Å². The molecule has 5 heteroatoms. The Balaban J connectivity index is 1.72. The Morgan fingerprint density at radius 3 is 2.90 bits per heavy atom. The fourth-order valence-corrected chi connectivity index (χ4v) is 1.99. The summed E-state index contributed by atoms with van der Waals surface area (Å²) in [6.07, 6.45) is 1.80. The Kier molecular flexibility index (Phi) is 3.18. The van der Waals surface area contributed by atoms with Crippen LogP contribution in [0.15, 0.2) is 33.5 Å². The summed E-state index contributed by atoms with van der Waals surface area (Å²) in [5, 5.41) is 0.854. The van der Waals surface area contributed by atoms with Gasteiger partial charge in [0.05, 0.1) is 5.92 Å². The summed E-state index contributed by atoms with van der Waals surface area (Å²) < 4.78 is 15.4. The molecular formula is C15H14O5. The Bertz CT molecular complexity index is 712. The number of aryl methyl sites for hydroxylation is 1. The van der Waals surface area contributed by atoms with Crippen molar-refractivity contribution in [2.45, 2.75) is 19.8 Å². The van der Waals surface area contributed by atoms with Gasteiger partial charge in [0, 0.05) is 17.5 Å². The zero-order valence-corrected chi connectivity index (χ0v) is 11.0. The molecule has 20 heavy (non-hydrogen) atoms. The number of benzene rings is 1. The van der Waals surface area contributed by atoms with Crippen molar-refractivity contribution in [2.24, 2.45) is 5.92 Å². The van der Waals surface area contributed by atoms with Crippen molar-refractivity contribution in [3.8, 4) is 5.75 Å². The summed E-state index contributed by atoms with van der Waals surface area (Å²) in [6.45, 7) is 1.72. The van der Waals surface area contributed by atoms with Gasteiger partial charge in [-0.15, -0.1) is 0 Å². The van der Waals surface area contributed by atoms with Gasteiger partial charge in [0.2, 0.25) is 6.79 Å². The zero-order valence-electron chi connectivity index (χ0n) is 11.0. The van der Waals surface area contributed by atoms with E-state index in [9.17, 15) is 9.59 Å². The van der Waals surface area contributed by atoms with Crippen molar-refractivity contribution < 1.29 is 18.7 Å². The molecule has 1 aliphatic rings. The topological polar surface area (TPSA) is 65.7 Å². The fourth-order valence-electron chi connectivity index (χ4n) is 1.99. The SMILES string of the molecule is Cc1cc(=O)oc2cc(OCOC(=O)C3CC3)ccc12. The third kappa shape index (κ3) is 2.66. The van der Waals surface area contributed by atoms with Crippen LogP contribution in [0.3, 0.4) is 0 Å². The Morgan fingerprint density at radius 1 is 1.35 bits per heavy atom. The lowest BCUT2D eigenvalue weighted by Crippen LogP contribution is -2.11. The highest BCUT2D eigenvalue weighted by atomic mass is 16.7. The molecule has 1 heterocycles. The van der Waals surface area contributed by atoms with E-state index in [2.05, 4.69) is 0 Å². The number of fused-ring (bicyclic) bond motifs is 1. The molecule has 0 unspecified atom stereocenters. The minimum absolute atomic E-state index is 0.0517. The van der Waals surface area contributed by atoms with Crippen molar-refractivity contribution in [3.05, 3.63) is 40.2 Å². The molecule has 104 valence electrons. The molecule has 1 aliphatic carbocycles. The molecule has 0 saturated heterocycles. The first-order valence-electron chi connectivity index (χ1n) is 6.47. The fraction of sp³-hybridized carbons (Fsp3) is 0.333. The molecule has 1 saturated carbocycles. The standard InChI is InChI=1S/C15H14O5/c1-9-6-14(16)20-13-7-11(4-5-12(9)13)18-8-19-15(17)10-2-3-10/h4-7,10H,2-3,8H2,1H3. The summed E-state index contributed by atoms with van der Waals surface area (Å²) in [7, 11) is 0. The van der Waals surface area contributed by atoms with E-state index in [-0.39, 0.29) is 18.7 Å². The highest BCUT2D eigenvalue weighted by Crippen LogP contribution is 2.30. The van der Waals surface area contributed by atoms with E-state index in [1.54, 1.807) is 12.1 Å². The minimum atomic E-state index is -0.396. The summed E-state index contributed by atoms with van der Waals surface area (Å²) in [4.78, 5) is 22.7. The van der Waals surface area contributed by atoms with Gasteiger partial charge >= 0.3 is 11.6 Å². The maximum absolute atomic E-state index is 11.3. The molecule has 1 aromatic carbocycles. The van der Waals surface area contributed by atoms with Gasteiger partial charge in [-0.1, -0.05) is 0 Å². The Labute approximate surface area is 115 Å². The second-order valence-electron chi connectivity index (χ2n) is 4.91. The van der Waals surface area contributed by atoms with E-state index in [4.69, 9.17) is 13.9 Å². The number of rotatable bonds is 4. The van der Waals surface area contributed by atoms with Crippen molar-refractivity contribution >= 4 is 16.9 Å². The first-order chi connectivity index (χ1) is 9.63. The van der Waals surface area contributed by atoms with Gasteiger partial charge in [0.15, 0.2) is 0 Å². The Morgan fingerprint density at radius 2 is 2.15 bits per heavy atom. The minimum Gasteiger partial charge on any atom is -0.457 e. The molecule has 0 bridgehead atoms. The number of ether oxygens (including phenoxy) is 2. The van der Waals surface area contributed by atoms with E-state index in [0.717, 1.165) is 23.8 Å². The molecule has 2 aromatic rings. The number of hydrogen-bond donors (Lipinski definition) is 0. The third-order valence-electron chi connectivity index (χ3n) is 3.26. The van der Waals surface area contributed by atoms with Gasteiger partial charge in [-0.2, -0.15) is 0 Å². The molecule has 0 amide bonds. The van der Waals surface area contributed by atoms with Gasteiger partial charge in [0.25, 0.3) is 0 Å². The second-order valence-corrected chi connectivity index (χ2v) is 4.91. The van der Waals surface area contributed by atoms with E-state index in [1.807, 2.05) is 13.0 Å². The van der Waals surface area contributed by atoms with Crippen molar-refractivity contribution in [3.63, 3.8) is 0 Å². The van der Waals surface area contributed by atoms with E-state index < -0.39 is 5.63 Å². The maximum Gasteiger partial charge on any atom is 0.336 e. The van der Waals surface area contributed by atoms with E-state index >= 15 is 0 Å². The van der Waals surface area contributed by atoms with E-state index in [1.165, 1.54) is 6.07 Å². The van der Waals surface area contributed by atoms with Gasteiger partial charge in [0.1, 0.15) is 11.3 Å². The van der Waals surface area contributed by atoms with Crippen LogP contribution in [0.2, 0.25) is 0 Å². The summed E-state index contributed by atoms with van der Waals surface area (Å²) in [5.41, 5.74) is 0.913. The number of esters is 1. The summed E-state index contributed by atoms with van der Waals surface area (Å²) in [5.74, 6) is 0.332. The van der Waals surface area contributed by atoms with Crippen LogP contribution in [0.4, 0.5) is 0 Å². The third-order valence-corrected chi connectivity index (χ3v) is 3.26. The smallest absolute Gasteiger partial charge is 0.336 e. The lowest BCUT2D eigenvalue weighted by Gasteiger charge is -2.08.